The number of nitrogens with two attached hydrogens (primary N) is 1. The van der Waals surface area contributed by atoms with Crippen molar-refractivity contribution < 1.29 is 4.74 Å². The van der Waals surface area contributed by atoms with E-state index >= 15 is 0 Å². The molecule has 0 saturated carbocycles. The van der Waals surface area contributed by atoms with Crippen LogP contribution in [-0.4, -0.2) is 33.4 Å². The molecule has 8 nitrogen and oxygen atoms in total. The largest absolute Gasteiger partial charge is 0.377 e. The third-order valence-electron chi connectivity index (χ3n) is 2.62. The zero-order chi connectivity index (χ0) is 14.2. The zero-order valence-electron chi connectivity index (χ0n) is 11.4. The van der Waals surface area contributed by atoms with Gasteiger partial charge in [-0.05, 0) is 12.5 Å². The molecule has 0 unspecified atom stereocenters. The van der Waals surface area contributed by atoms with Crippen molar-refractivity contribution >= 4 is 11.6 Å². The molecule has 4 N–H and O–H groups in total. The van der Waals surface area contributed by atoms with E-state index in [1.807, 2.05) is 16.9 Å². The van der Waals surface area contributed by atoms with Crippen LogP contribution in [0.25, 0.3) is 0 Å². The number of aromatic nitrogens is 4. The van der Waals surface area contributed by atoms with Crippen LogP contribution < -0.4 is 16.6 Å². The lowest BCUT2D eigenvalue weighted by Gasteiger charge is -2.09. The first-order valence-corrected chi connectivity index (χ1v) is 6.36. The maximum Gasteiger partial charge on any atom is 0.158 e. The first kappa shape index (κ1) is 14.2. The number of methoxy groups -OCH3 is 1. The number of aryl methyl sites for hydroxylation is 1. The molecule has 0 aliphatic rings. The molecule has 0 amide bonds. The molecular formula is C12H19N7O. The Morgan fingerprint density at radius 2 is 2.20 bits per heavy atom. The summed E-state index contributed by atoms with van der Waals surface area (Å²) in [4.78, 5) is 8.52. The van der Waals surface area contributed by atoms with Crippen LogP contribution in [0.15, 0.2) is 24.5 Å². The van der Waals surface area contributed by atoms with E-state index in [4.69, 9.17) is 10.6 Å². The van der Waals surface area contributed by atoms with Crippen molar-refractivity contribution in [2.24, 2.45) is 5.84 Å². The van der Waals surface area contributed by atoms with Gasteiger partial charge in [-0.25, -0.2) is 15.8 Å². The van der Waals surface area contributed by atoms with Crippen molar-refractivity contribution in [3.8, 4) is 0 Å². The van der Waals surface area contributed by atoms with Gasteiger partial charge in [-0.15, -0.1) is 0 Å². The maximum absolute atomic E-state index is 5.38. The van der Waals surface area contributed by atoms with Gasteiger partial charge in [0.2, 0.25) is 0 Å². The van der Waals surface area contributed by atoms with Gasteiger partial charge in [0.25, 0.3) is 0 Å². The molecular weight excluding hydrogens is 258 g/mol. The van der Waals surface area contributed by atoms with Gasteiger partial charge in [-0.1, -0.05) is 0 Å². The predicted molar refractivity (Wildman–Crippen MR) is 75.9 cm³/mol. The van der Waals surface area contributed by atoms with Gasteiger partial charge in [0.05, 0.1) is 0 Å². The van der Waals surface area contributed by atoms with Crippen LogP contribution in [-0.2, 0) is 17.9 Å². The summed E-state index contributed by atoms with van der Waals surface area (Å²) in [5, 5.41) is 7.38. The van der Waals surface area contributed by atoms with E-state index in [1.54, 1.807) is 19.4 Å². The van der Waals surface area contributed by atoms with Gasteiger partial charge < -0.3 is 15.5 Å². The Bertz CT molecular complexity index is 515. The normalized spacial score (nSPS) is 10.5. The molecule has 0 fully saturated rings. The Labute approximate surface area is 117 Å². The van der Waals surface area contributed by atoms with Crippen LogP contribution >= 0.6 is 0 Å². The number of nitrogens with one attached hydrogen (secondary N) is 2. The topological polar surface area (TPSA) is 103 Å². The molecule has 0 saturated heterocycles. The first-order chi connectivity index (χ1) is 9.81. The van der Waals surface area contributed by atoms with Crippen LogP contribution in [0.1, 0.15) is 12.2 Å². The number of nitrogens with zero attached hydrogens (tertiary/aromatic N) is 4. The summed E-state index contributed by atoms with van der Waals surface area (Å²) in [7, 11) is 1.60. The van der Waals surface area contributed by atoms with E-state index in [0.29, 0.717) is 18.2 Å². The number of hydrogen-bond acceptors (Lipinski definition) is 7. The summed E-state index contributed by atoms with van der Waals surface area (Å²) in [5.74, 6) is 7.24. The third-order valence-corrected chi connectivity index (χ3v) is 2.62. The van der Waals surface area contributed by atoms with Crippen molar-refractivity contribution in [2.75, 3.05) is 24.4 Å². The Kier molecular flexibility index (Phi) is 5.27. The Balaban J connectivity index is 1.86. The molecule has 0 aromatic carbocycles. The molecule has 0 atom stereocenters. The summed E-state index contributed by atoms with van der Waals surface area (Å²) in [6, 6.07) is 3.67. The van der Waals surface area contributed by atoms with E-state index in [1.165, 1.54) is 0 Å². The highest BCUT2D eigenvalue weighted by Crippen LogP contribution is 2.11. The maximum atomic E-state index is 5.38. The number of ether oxygens (including phenoxy) is 1. The smallest absolute Gasteiger partial charge is 0.158 e. The molecule has 0 aliphatic heterocycles. The number of rotatable bonds is 8. The van der Waals surface area contributed by atoms with Gasteiger partial charge in [-0.2, -0.15) is 5.10 Å². The number of hydrazine groups is 1. The lowest BCUT2D eigenvalue weighted by molar-refractivity contribution is 0.178. The summed E-state index contributed by atoms with van der Waals surface area (Å²) in [5.41, 5.74) is 2.52. The summed E-state index contributed by atoms with van der Waals surface area (Å²) < 4.78 is 6.92. The average Bonchev–Trinajstić information content (AvgIpc) is 2.97. The van der Waals surface area contributed by atoms with Gasteiger partial charge in [0, 0.05) is 38.7 Å². The molecule has 2 aromatic heterocycles. The van der Waals surface area contributed by atoms with Crippen LogP contribution in [0.2, 0.25) is 0 Å². The lowest BCUT2D eigenvalue weighted by Crippen LogP contribution is -2.13. The second kappa shape index (κ2) is 7.41. The fourth-order valence-electron chi connectivity index (χ4n) is 1.75. The van der Waals surface area contributed by atoms with Crippen molar-refractivity contribution in [1.29, 1.82) is 0 Å². The zero-order valence-corrected chi connectivity index (χ0v) is 11.4. The van der Waals surface area contributed by atoms with Crippen LogP contribution in [0.4, 0.5) is 11.6 Å². The minimum Gasteiger partial charge on any atom is -0.377 e. The van der Waals surface area contributed by atoms with Crippen molar-refractivity contribution in [3.05, 3.63) is 30.4 Å². The van der Waals surface area contributed by atoms with Gasteiger partial charge in [0.15, 0.2) is 5.82 Å². The molecule has 0 bridgehead atoms. The minimum atomic E-state index is 0.345. The highest BCUT2D eigenvalue weighted by molar-refractivity contribution is 5.46. The summed E-state index contributed by atoms with van der Waals surface area (Å²) in [6.45, 7) is 1.99. The third kappa shape index (κ3) is 4.18. The van der Waals surface area contributed by atoms with Crippen molar-refractivity contribution in [2.45, 2.75) is 19.6 Å². The van der Waals surface area contributed by atoms with Gasteiger partial charge in [-0.3, -0.25) is 4.68 Å². The van der Waals surface area contributed by atoms with Crippen LogP contribution in [0.5, 0.6) is 0 Å². The molecule has 0 aliphatic carbocycles. The van der Waals surface area contributed by atoms with Crippen molar-refractivity contribution in [3.63, 3.8) is 0 Å². The molecule has 2 rings (SSSR count). The average molecular weight is 277 g/mol. The second-order valence-corrected chi connectivity index (χ2v) is 4.18. The van der Waals surface area contributed by atoms with E-state index in [9.17, 15) is 0 Å². The molecule has 8 heteroatoms. The van der Waals surface area contributed by atoms with Crippen LogP contribution in [0.3, 0.4) is 0 Å². The van der Waals surface area contributed by atoms with Gasteiger partial charge in [0.1, 0.15) is 18.2 Å². The highest BCUT2D eigenvalue weighted by Gasteiger charge is 2.03. The highest BCUT2D eigenvalue weighted by atomic mass is 16.5. The fourth-order valence-corrected chi connectivity index (χ4v) is 1.75. The lowest BCUT2D eigenvalue weighted by atomic mass is 10.4. The van der Waals surface area contributed by atoms with E-state index in [-0.39, 0.29) is 0 Å². The van der Waals surface area contributed by atoms with E-state index in [0.717, 1.165) is 25.3 Å². The summed E-state index contributed by atoms with van der Waals surface area (Å²) in [6.07, 6.45) is 4.66. The van der Waals surface area contributed by atoms with E-state index < -0.39 is 0 Å². The molecule has 0 spiro atoms. The monoisotopic (exact) mass is 277 g/mol. The molecule has 0 radical (unpaired) electrons. The second-order valence-electron chi connectivity index (χ2n) is 4.18. The Morgan fingerprint density at radius 1 is 1.35 bits per heavy atom. The fraction of sp³-hybridized carbons (Fsp3) is 0.417. The van der Waals surface area contributed by atoms with Crippen LogP contribution in [0, 0.1) is 0 Å². The van der Waals surface area contributed by atoms with Gasteiger partial charge >= 0.3 is 0 Å². The minimum absolute atomic E-state index is 0.345. The molecule has 2 heterocycles. The Morgan fingerprint density at radius 3 is 2.90 bits per heavy atom. The number of nitrogen functional groups attached to an aromatic ring is 1. The molecule has 20 heavy (non-hydrogen) atoms. The predicted octanol–water partition coefficient (Wildman–Crippen LogP) is 0.607. The molecule has 108 valence electrons. The van der Waals surface area contributed by atoms with E-state index in [2.05, 4.69) is 25.8 Å². The number of anilines is 2. The summed E-state index contributed by atoms with van der Waals surface area (Å²) >= 11 is 0. The SMILES string of the molecule is COCc1nc(NN)cc(NCCCn2cccn2)n1. The first-order valence-electron chi connectivity index (χ1n) is 6.36. The van der Waals surface area contributed by atoms with Crippen molar-refractivity contribution in [1.82, 2.24) is 19.7 Å². The standard InChI is InChI=1S/C12H19N7O/c1-20-9-12-16-10(8-11(17-12)18-13)14-4-2-6-19-7-3-5-15-19/h3,5,7-8H,2,4,6,9,13H2,1H3,(H2,14,16,17,18). The quantitative estimate of drug-likeness (QED) is 0.369. The Hall–Kier alpha value is -2.19. The number of hydrogen-bond donors (Lipinski definition) is 3. The molecule has 2 aromatic rings.